The standard InChI is InChI=1S/C13H21NO2/c1-8(6-9-2-3-9)14-10-4-5-12(14)11(7-10)13(15)16/h8-12H,2-7H2,1H3,(H,15,16). The van der Waals surface area contributed by atoms with E-state index >= 15 is 0 Å². The number of carboxylic acids is 1. The molecule has 16 heavy (non-hydrogen) atoms. The van der Waals surface area contributed by atoms with Crippen LogP contribution in [-0.4, -0.2) is 34.1 Å². The highest BCUT2D eigenvalue weighted by Crippen LogP contribution is 2.45. The van der Waals surface area contributed by atoms with Gasteiger partial charge in [-0.15, -0.1) is 0 Å². The van der Waals surface area contributed by atoms with E-state index in [9.17, 15) is 9.90 Å². The Bertz CT molecular complexity index is 300. The minimum absolute atomic E-state index is 0.0830. The van der Waals surface area contributed by atoms with Crippen LogP contribution >= 0.6 is 0 Å². The van der Waals surface area contributed by atoms with Gasteiger partial charge >= 0.3 is 5.97 Å². The molecule has 90 valence electrons. The van der Waals surface area contributed by atoms with Gasteiger partial charge in [-0.05, 0) is 38.5 Å². The minimum Gasteiger partial charge on any atom is -0.481 e. The minimum atomic E-state index is -0.573. The van der Waals surface area contributed by atoms with E-state index in [2.05, 4.69) is 11.8 Å². The predicted molar refractivity (Wildman–Crippen MR) is 61.2 cm³/mol. The summed E-state index contributed by atoms with van der Waals surface area (Å²) in [6.45, 7) is 2.30. The molecule has 1 N–H and O–H groups in total. The summed E-state index contributed by atoms with van der Waals surface area (Å²) in [5.41, 5.74) is 0. The first-order valence-corrected chi connectivity index (χ1v) is 6.67. The van der Waals surface area contributed by atoms with Crippen LogP contribution in [0.25, 0.3) is 0 Å². The van der Waals surface area contributed by atoms with Gasteiger partial charge in [-0.1, -0.05) is 12.8 Å². The Hall–Kier alpha value is -0.570. The van der Waals surface area contributed by atoms with Crippen LogP contribution in [0, 0.1) is 11.8 Å². The lowest BCUT2D eigenvalue weighted by atomic mass is 9.89. The van der Waals surface area contributed by atoms with Gasteiger partial charge in [-0.2, -0.15) is 0 Å². The van der Waals surface area contributed by atoms with Gasteiger partial charge in [0.2, 0.25) is 0 Å². The maximum absolute atomic E-state index is 11.2. The number of fused-ring (bicyclic) bond motifs is 2. The molecule has 0 aromatic carbocycles. The fraction of sp³-hybridized carbons (Fsp3) is 0.923. The molecule has 3 nitrogen and oxygen atoms in total. The Balaban J connectivity index is 1.68. The van der Waals surface area contributed by atoms with Gasteiger partial charge in [0, 0.05) is 18.1 Å². The average molecular weight is 223 g/mol. The van der Waals surface area contributed by atoms with Crippen molar-refractivity contribution in [1.82, 2.24) is 4.90 Å². The van der Waals surface area contributed by atoms with E-state index in [1.807, 2.05) is 0 Å². The van der Waals surface area contributed by atoms with Crippen molar-refractivity contribution in [3.05, 3.63) is 0 Å². The molecule has 0 spiro atoms. The number of hydrogen-bond donors (Lipinski definition) is 1. The molecule has 3 fully saturated rings. The molecule has 0 aromatic rings. The van der Waals surface area contributed by atoms with Crippen LogP contribution < -0.4 is 0 Å². The van der Waals surface area contributed by atoms with Crippen LogP contribution in [0.3, 0.4) is 0 Å². The van der Waals surface area contributed by atoms with Gasteiger partial charge in [0.15, 0.2) is 0 Å². The molecular formula is C13H21NO2. The molecule has 1 aliphatic carbocycles. The zero-order chi connectivity index (χ0) is 11.3. The molecule has 0 aromatic heterocycles. The quantitative estimate of drug-likeness (QED) is 0.793. The average Bonchev–Trinajstić information content (AvgIpc) is 2.87. The topological polar surface area (TPSA) is 40.5 Å². The number of rotatable bonds is 4. The van der Waals surface area contributed by atoms with Gasteiger partial charge < -0.3 is 5.11 Å². The summed E-state index contributed by atoms with van der Waals surface area (Å²) in [5, 5.41) is 9.20. The monoisotopic (exact) mass is 223 g/mol. The van der Waals surface area contributed by atoms with E-state index in [-0.39, 0.29) is 5.92 Å². The van der Waals surface area contributed by atoms with E-state index in [1.54, 1.807) is 0 Å². The van der Waals surface area contributed by atoms with Crippen LogP contribution in [0.15, 0.2) is 0 Å². The Morgan fingerprint density at radius 3 is 2.69 bits per heavy atom. The molecule has 3 aliphatic rings. The van der Waals surface area contributed by atoms with Crippen molar-refractivity contribution in [3.63, 3.8) is 0 Å². The van der Waals surface area contributed by atoms with E-state index in [0.29, 0.717) is 18.1 Å². The molecule has 1 saturated carbocycles. The molecule has 3 heteroatoms. The van der Waals surface area contributed by atoms with Crippen LogP contribution in [0.4, 0.5) is 0 Å². The van der Waals surface area contributed by atoms with E-state index in [1.165, 1.54) is 25.7 Å². The molecule has 4 unspecified atom stereocenters. The molecule has 4 atom stereocenters. The first-order valence-electron chi connectivity index (χ1n) is 6.67. The first-order chi connectivity index (χ1) is 7.66. The highest BCUT2D eigenvalue weighted by atomic mass is 16.4. The van der Waals surface area contributed by atoms with Crippen LogP contribution in [0.1, 0.15) is 45.4 Å². The van der Waals surface area contributed by atoms with Crippen molar-refractivity contribution in [3.8, 4) is 0 Å². The van der Waals surface area contributed by atoms with Gasteiger partial charge in [-0.3, -0.25) is 9.69 Å². The van der Waals surface area contributed by atoms with E-state index in [0.717, 1.165) is 18.8 Å². The molecular weight excluding hydrogens is 202 g/mol. The second-order valence-corrected chi connectivity index (χ2v) is 5.95. The molecule has 0 radical (unpaired) electrons. The van der Waals surface area contributed by atoms with Crippen LogP contribution in [-0.2, 0) is 4.79 Å². The highest BCUT2D eigenvalue weighted by Gasteiger charge is 2.51. The lowest BCUT2D eigenvalue weighted by Gasteiger charge is -2.29. The third kappa shape index (κ3) is 1.65. The molecule has 2 bridgehead atoms. The van der Waals surface area contributed by atoms with Crippen molar-refractivity contribution < 1.29 is 9.90 Å². The number of aliphatic carboxylic acids is 1. The van der Waals surface area contributed by atoms with Gasteiger partial charge in [0.25, 0.3) is 0 Å². The fourth-order valence-corrected chi connectivity index (χ4v) is 3.94. The second-order valence-electron chi connectivity index (χ2n) is 5.95. The van der Waals surface area contributed by atoms with Crippen molar-refractivity contribution in [2.75, 3.05) is 0 Å². The van der Waals surface area contributed by atoms with E-state index in [4.69, 9.17) is 0 Å². The largest absolute Gasteiger partial charge is 0.481 e. The van der Waals surface area contributed by atoms with Crippen molar-refractivity contribution >= 4 is 5.97 Å². The van der Waals surface area contributed by atoms with Crippen molar-refractivity contribution in [2.24, 2.45) is 11.8 Å². The van der Waals surface area contributed by atoms with Gasteiger partial charge in [0.1, 0.15) is 0 Å². The SMILES string of the molecule is CC(CC1CC1)N1C2CCC1C(C(=O)O)C2. The lowest BCUT2D eigenvalue weighted by molar-refractivity contribution is -0.142. The number of carboxylic acid groups (broad SMARTS) is 1. The van der Waals surface area contributed by atoms with Crippen molar-refractivity contribution in [1.29, 1.82) is 0 Å². The molecule has 2 aliphatic heterocycles. The highest BCUT2D eigenvalue weighted by molar-refractivity contribution is 5.71. The summed E-state index contributed by atoms with van der Waals surface area (Å²) < 4.78 is 0. The summed E-state index contributed by atoms with van der Waals surface area (Å²) in [7, 11) is 0. The van der Waals surface area contributed by atoms with Gasteiger partial charge in [0.05, 0.1) is 5.92 Å². The summed E-state index contributed by atoms with van der Waals surface area (Å²) in [5.74, 6) is 0.287. The maximum atomic E-state index is 11.2. The lowest BCUT2D eigenvalue weighted by Crippen LogP contribution is -2.39. The van der Waals surface area contributed by atoms with E-state index < -0.39 is 5.97 Å². The third-order valence-corrected chi connectivity index (χ3v) is 4.79. The van der Waals surface area contributed by atoms with Crippen LogP contribution in [0.5, 0.6) is 0 Å². The summed E-state index contributed by atoms with van der Waals surface area (Å²) in [6, 6.07) is 1.52. The predicted octanol–water partition coefficient (Wildman–Crippen LogP) is 2.11. The van der Waals surface area contributed by atoms with Gasteiger partial charge in [-0.25, -0.2) is 0 Å². The number of hydrogen-bond acceptors (Lipinski definition) is 2. The molecule has 3 rings (SSSR count). The number of carbonyl (C=O) groups is 1. The Morgan fingerprint density at radius 1 is 1.38 bits per heavy atom. The molecule has 2 saturated heterocycles. The Morgan fingerprint density at radius 2 is 2.12 bits per heavy atom. The zero-order valence-corrected chi connectivity index (χ0v) is 9.93. The first kappa shape index (κ1) is 10.6. The Labute approximate surface area is 96.8 Å². The smallest absolute Gasteiger partial charge is 0.308 e. The summed E-state index contributed by atoms with van der Waals surface area (Å²) in [6.07, 6.45) is 7.32. The van der Waals surface area contributed by atoms with Crippen LogP contribution in [0.2, 0.25) is 0 Å². The second kappa shape index (κ2) is 3.73. The summed E-state index contributed by atoms with van der Waals surface area (Å²) >= 11 is 0. The zero-order valence-electron chi connectivity index (χ0n) is 9.93. The summed E-state index contributed by atoms with van der Waals surface area (Å²) in [4.78, 5) is 13.7. The Kier molecular flexibility index (Phi) is 2.46. The molecule has 2 heterocycles. The third-order valence-electron chi connectivity index (χ3n) is 4.79. The normalized spacial score (nSPS) is 40.2. The number of nitrogens with zero attached hydrogens (tertiary/aromatic N) is 1. The molecule has 0 amide bonds. The fourth-order valence-electron chi connectivity index (χ4n) is 3.94. The van der Waals surface area contributed by atoms with Crippen molar-refractivity contribution in [2.45, 2.75) is 63.6 Å². The maximum Gasteiger partial charge on any atom is 0.308 e.